The Labute approximate surface area is 203 Å². The minimum absolute atomic E-state index is 0.0646. The summed E-state index contributed by atoms with van der Waals surface area (Å²) < 4.78 is 1.61. The van der Waals surface area contributed by atoms with Crippen molar-refractivity contribution in [3.63, 3.8) is 0 Å². The van der Waals surface area contributed by atoms with Crippen LogP contribution in [0.15, 0.2) is 42.9 Å². The monoisotopic (exact) mass is 473 g/mol. The van der Waals surface area contributed by atoms with Gasteiger partial charge in [0.05, 0.1) is 11.7 Å². The first-order valence-corrected chi connectivity index (χ1v) is 12.2. The summed E-state index contributed by atoms with van der Waals surface area (Å²) in [7, 11) is 0. The van der Waals surface area contributed by atoms with E-state index in [0.717, 1.165) is 46.2 Å². The largest absolute Gasteiger partial charge is 0.354 e. The van der Waals surface area contributed by atoms with E-state index in [2.05, 4.69) is 31.5 Å². The average Bonchev–Trinajstić information content (AvgIpc) is 3.61. The highest BCUT2D eigenvalue weighted by molar-refractivity contribution is 5.97. The lowest BCUT2D eigenvalue weighted by atomic mass is 9.88. The number of amides is 2. The van der Waals surface area contributed by atoms with E-state index in [1.807, 2.05) is 45.2 Å². The Kier molecular flexibility index (Phi) is 6.00. The molecule has 0 saturated carbocycles. The molecule has 1 aliphatic rings. The van der Waals surface area contributed by atoms with Gasteiger partial charge in [0.1, 0.15) is 11.7 Å². The molecule has 0 aliphatic carbocycles. The molecule has 4 aromatic heterocycles. The zero-order valence-corrected chi connectivity index (χ0v) is 20.4. The van der Waals surface area contributed by atoms with E-state index in [-0.39, 0.29) is 17.9 Å². The summed E-state index contributed by atoms with van der Waals surface area (Å²) >= 11 is 0. The van der Waals surface area contributed by atoms with Crippen LogP contribution >= 0.6 is 0 Å². The summed E-state index contributed by atoms with van der Waals surface area (Å²) in [5.41, 5.74) is 4.28. The van der Waals surface area contributed by atoms with Gasteiger partial charge in [0.15, 0.2) is 0 Å². The van der Waals surface area contributed by atoms with Crippen molar-refractivity contribution in [2.75, 3.05) is 13.1 Å². The van der Waals surface area contributed by atoms with Crippen molar-refractivity contribution >= 4 is 28.4 Å². The number of carbonyl (C=O) groups excluding carboxylic acids is 2. The smallest absolute Gasteiger partial charge is 0.242 e. The molecule has 9 heteroatoms. The number of aromatic nitrogens is 5. The average molecular weight is 474 g/mol. The molecule has 2 amide bonds. The van der Waals surface area contributed by atoms with Gasteiger partial charge in [-0.3, -0.25) is 9.59 Å². The molecule has 35 heavy (non-hydrogen) atoms. The predicted molar refractivity (Wildman–Crippen MR) is 134 cm³/mol. The lowest BCUT2D eigenvalue weighted by Crippen LogP contribution is -2.50. The Morgan fingerprint density at radius 2 is 2.06 bits per heavy atom. The fourth-order valence-corrected chi connectivity index (χ4v) is 4.75. The molecule has 2 N–H and O–H groups in total. The van der Waals surface area contributed by atoms with E-state index in [9.17, 15) is 9.59 Å². The Morgan fingerprint density at radius 3 is 2.89 bits per heavy atom. The zero-order valence-electron chi connectivity index (χ0n) is 20.4. The molecule has 0 aromatic carbocycles. The molecule has 0 radical (unpaired) electrons. The maximum atomic E-state index is 12.9. The highest BCUT2D eigenvalue weighted by Crippen LogP contribution is 2.31. The third kappa shape index (κ3) is 4.26. The second-order valence-corrected chi connectivity index (χ2v) is 9.81. The van der Waals surface area contributed by atoms with E-state index >= 15 is 0 Å². The first-order valence-electron chi connectivity index (χ1n) is 12.2. The van der Waals surface area contributed by atoms with E-state index in [0.29, 0.717) is 25.9 Å². The van der Waals surface area contributed by atoms with E-state index in [4.69, 9.17) is 0 Å². The molecule has 5 rings (SSSR count). The molecular formula is C26H31N7O2. The van der Waals surface area contributed by atoms with Crippen molar-refractivity contribution in [3.8, 4) is 11.1 Å². The van der Waals surface area contributed by atoms with Crippen molar-refractivity contribution in [3.05, 3.63) is 48.5 Å². The number of hydrogen-bond donors (Lipinski definition) is 2. The third-order valence-electron chi connectivity index (χ3n) is 7.15. The van der Waals surface area contributed by atoms with Gasteiger partial charge in [-0.05, 0) is 49.1 Å². The van der Waals surface area contributed by atoms with Gasteiger partial charge in [0.25, 0.3) is 0 Å². The molecule has 0 unspecified atom stereocenters. The van der Waals surface area contributed by atoms with Gasteiger partial charge in [0.2, 0.25) is 11.8 Å². The van der Waals surface area contributed by atoms with Crippen LogP contribution in [-0.4, -0.2) is 60.6 Å². The van der Waals surface area contributed by atoms with Crippen LogP contribution in [0, 0.1) is 5.41 Å². The molecule has 1 saturated heterocycles. The number of fused-ring (bicyclic) bond motifs is 2. The Hall–Kier alpha value is -3.75. The van der Waals surface area contributed by atoms with Crippen molar-refractivity contribution in [1.29, 1.82) is 0 Å². The molecule has 1 fully saturated rings. The maximum absolute atomic E-state index is 12.9. The van der Waals surface area contributed by atoms with Crippen LogP contribution in [0.25, 0.3) is 27.7 Å². The second-order valence-electron chi connectivity index (χ2n) is 9.81. The summed E-state index contributed by atoms with van der Waals surface area (Å²) in [5.74, 6) is -0.00806. The molecule has 5 heterocycles. The fourth-order valence-electron chi connectivity index (χ4n) is 4.75. The second kappa shape index (κ2) is 9.13. The van der Waals surface area contributed by atoms with Crippen molar-refractivity contribution < 1.29 is 9.59 Å². The van der Waals surface area contributed by atoms with Crippen molar-refractivity contribution in [2.45, 2.75) is 52.5 Å². The SMILES string of the molecule is CCC(C)(C)C(=O)N1CCC[C@H]1C(=O)NCCc1cc2c(-c3cnn4ncccc34)ccnc2[nH]1. The summed E-state index contributed by atoms with van der Waals surface area (Å²) in [6.07, 6.45) is 8.27. The molecular weight excluding hydrogens is 442 g/mol. The lowest BCUT2D eigenvalue weighted by molar-refractivity contribution is -0.145. The molecule has 182 valence electrons. The van der Waals surface area contributed by atoms with Crippen LogP contribution < -0.4 is 5.32 Å². The van der Waals surface area contributed by atoms with Crippen LogP contribution in [0.3, 0.4) is 0 Å². The van der Waals surface area contributed by atoms with Gasteiger partial charge in [-0.15, -0.1) is 0 Å². The van der Waals surface area contributed by atoms with E-state index in [1.165, 1.54) is 0 Å². The van der Waals surface area contributed by atoms with Gasteiger partial charge in [-0.1, -0.05) is 20.8 Å². The Balaban J connectivity index is 1.28. The van der Waals surface area contributed by atoms with Crippen LogP contribution in [0.4, 0.5) is 0 Å². The lowest BCUT2D eigenvalue weighted by Gasteiger charge is -2.31. The number of H-pyrrole nitrogens is 1. The van der Waals surface area contributed by atoms with Crippen molar-refractivity contribution in [1.82, 2.24) is 35.0 Å². The normalized spacial score (nSPS) is 16.3. The number of likely N-dealkylation sites (tertiary alicyclic amines) is 1. The Bertz CT molecular complexity index is 1390. The predicted octanol–water partition coefficient (Wildman–Crippen LogP) is 3.36. The number of nitrogens with zero attached hydrogens (tertiary/aromatic N) is 5. The van der Waals surface area contributed by atoms with Crippen LogP contribution in [-0.2, 0) is 16.0 Å². The molecule has 0 spiro atoms. The third-order valence-corrected chi connectivity index (χ3v) is 7.15. The van der Waals surface area contributed by atoms with E-state index in [1.54, 1.807) is 21.9 Å². The zero-order chi connectivity index (χ0) is 24.6. The first-order chi connectivity index (χ1) is 16.9. The summed E-state index contributed by atoms with van der Waals surface area (Å²) in [5, 5.41) is 12.7. The van der Waals surface area contributed by atoms with Gasteiger partial charge in [0, 0.05) is 54.0 Å². The number of aromatic amines is 1. The van der Waals surface area contributed by atoms with Gasteiger partial charge < -0.3 is 15.2 Å². The summed E-state index contributed by atoms with van der Waals surface area (Å²) in [6.45, 7) is 7.04. The van der Waals surface area contributed by atoms with Crippen molar-refractivity contribution in [2.24, 2.45) is 5.41 Å². The standard InChI is InChI=1S/C26H31N7O2/c1-4-26(2,3)25(35)32-14-6-8-22(32)24(34)28-12-9-17-15-19-18(10-13-27-23(19)31-17)20-16-30-33-21(20)7-5-11-29-33/h5,7,10-11,13,15-16,22H,4,6,8-9,12,14H2,1-3H3,(H,27,31)(H,28,34)/t22-/m0/s1. The quantitative estimate of drug-likeness (QED) is 0.428. The van der Waals surface area contributed by atoms with Crippen LogP contribution in [0.5, 0.6) is 0 Å². The number of hydrogen-bond acceptors (Lipinski definition) is 5. The van der Waals surface area contributed by atoms with Gasteiger partial charge in [-0.2, -0.15) is 14.8 Å². The van der Waals surface area contributed by atoms with Gasteiger partial charge >= 0.3 is 0 Å². The summed E-state index contributed by atoms with van der Waals surface area (Å²) in [4.78, 5) is 35.5. The molecule has 4 aromatic rings. The number of nitrogens with one attached hydrogen (secondary N) is 2. The number of carbonyl (C=O) groups is 2. The molecule has 1 atom stereocenters. The topological polar surface area (TPSA) is 108 Å². The van der Waals surface area contributed by atoms with Gasteiger partial charge in [-0.25, -0.2) is 4.98 Å². The summed E-state index contributed by atoms with van der Waals surface area (Å²) in [6, 6.07) is 7.57. The minimum atomic E-state index is -0.449. The van der Waals surface area contributed by atoms with E-state index < -0.39 is 5.41 Å². The number of pyridine rings is 1. The molecule has 9 nitrogen and oxygen atoms in total. The molecule has 1 aliphatic heterocycles. The molecule has 0 bridgehead atoms. The minimum Gasteiger partial charge on any atom is -0.354 e. The fraction of sp³-hybridized carbons (Fsp3) is 0.423. The maximum Gasteiger partial charge on any atom is 0.242 e. The highest BCUT2D eigenvalue weighted by Gasteiger charge is 2.39. The number of rotatable bonds is 7. The highest BCUT2D eigenvalue weighted by atomic mass is 16.2. The first kappa shape index (κ1) is 23.0. The van der Waals surface area contributed by atoms with Crippen LogP contribution in [0.1, 0.15) is 45.7 Å². The Morgan fingerprint density at radius 1 is 1.20 bits per heavy atom. The van der Waals surface area contributed by atoms with Crippen LogP contribution in [0.2, 0.25) is 0 Å².